The number of hydrogen-bond acceptors (Lipinski definition) is 5. The van der Waals surface area contributed by atoms with E-state index < -0.39 is 22.9 Å². The fourth-order valence-corrected chi connectivity index (χ4v) is 1.75. The number of nitro groups is 1. The van der Waals surface area contributed by atoms with E-state index in [9.17, 15) is 19.7 Å². The van der Waals surface area contributed by atoms with Gasteiger partial charge in [-0.15, -0.1) is 0 Å². The van der Waals surface area contributed by atoms with Crippen LogP contribution in [-0.2, 0) is 11.2 Å². The molecule has 92 valence electrons. The molecule has 0 radical (unpaired) electrons. The lowest BCUT2D eigenvalue weighted by atomic mass is 10.0. The highest BCUT2D eigenvalue weighted by molar-refractivity contribution is 5.92. The van der Waals surface area contributed by atoms with Crippen molar-refractivity contribution in [2.24, 2.45) is 0 Å². The van der Waals surface area contributed by atoms with E-state index in [0.717, 1.165) is 6.26 Å². The molecule has 0 amide bonds. The minimum atomic E-state index is -1.18. The predicted molar refractivity (Wildman–Crippen MR) is 60.5 cm³/mol. The first-order chi connectivity index (χ1) is 8.50. The fraction of sp³-hybridized carbons (Fsp3) is 0.0909. The van der Waals surface area contributed by atoms with Crippen LogP contribution in [0.3, 0.4) is 0 Å². The van der Waals surface area contributed by atoms with Crippen LogP contribution in [0.4, 0.5) is 5.69 Å². The Kier molecular flexibility index (Phi) is 2.80. The van der Waals surface area contributed by atoms with E-state index in [1.54, 1.807) is 0 Å². The molecule has 0 spiro atoms. The van der Waals surface area contributed by atoms with Gasteiger partial charge in [-0.2, -0.15) is 0 Å². The van der Waals surface area contributed by atoms with Gasteiger partial charge < -0.3 is 9.52 Å². The van der Waals surface area contributed by atoms with Crippen LogP contribution < -0.4 is 5.63 Å². The summed E-state index contributed by atoms with van der Waals surface area (Å²) in [5.74, 6) is -1.18. The monoisotopic (exact) mass is 249 g/mol. The van der Waals surface area contributed by atoms with Gasteiger partial charge in [-0.3, -0.25) is 14.9 Å². The number of benzene rings is 1. The van der Waals surface area contributed by atoms with Gasteiger partial charge in [0.05, 0.1) is 28.4 Å². The van der Waals surface area contributed by atoms with Crippen molar-refractivity contribution in [2.45, 2.75) is 6.42 Å². The summed E-state index contributed by atoms with van der Waals surface area (Å²) in [4.78, 5) is 32.3. The molecular weight excluding hydrogens is 242 g/mol. The summed E-state index contributed by atoms with van der Waals surface area (Å²) < 4.78 is 4.60. The molecule has 0 aliphatic heterocycles. The minimum Gasteiger partial charge on any atom is -0.481 e. The van der Waals surface area contributed by atoms with Crippen LogP contribution in [0.1, 0.15) is 5.56 Å². The van der Waals surface area contributed by atoms with Gasteiger partial charge in [0, 0.05) is 5.56 Å². The summed E-state index contributed by atoms with van der Waals surface area (Å²) in [6.45, 7) is 0. The molecule has 0 aliphatic rings. The number of carbonyl (C=O) groups is 1. The summed E-state index contributed by atoms with van der Waals surface area (Å²) in [6.07, 6.45) is 0.564. The Morgan fingerprint density at radius 3 is 2.67 bits per heavy atom. The van der Waals surface area contributed by atoms with Gasteiger partial charge in [0.1, 0.15) is 0 Å². The molecule has 2 rings (SSSR count). The van der Waals surface area contributed by atoms with E-state index in [4.69, 9.17) is 5.11 Å². The number of carboxylic acids is 1. The first-order valence-electron chi connectivity index (χ1n) is 4.90. The molecule has 0 atom stereocenters. The molecule has 7 heteroatoms. The molecule has 0 bridgehead atoms. The lowest BCUT2D eigenvalue weighted by Crippen LogP contribution is -2.06. The van der Waals surface area contributed by atoms with Gasteiger partial charge >= 0.3 is 11.6 Å². The third kappa shape index (κ3) is 1.93. The summed E-state index contributed by atoms with van der Waals surface area (Å²) >= 11 is 0. The van der Waals surface area contributed by atoms with Crippen molar-refractivity contribution in [2.75, 3.05) is 0 Å². The molecule has 1 N–H and O–H groups in total. The molecule has 18 heavy (non-hydrogen) atoms. The third-order valence-corrected chi connectivity index (χ3v) is 2.45. The van der Waals surface area contributed by atoms with Crippen LogP contribution in [-0.4, -0.2) is 16.0 Å². The number of hydrogen-bond donors (Lipinski definition) is 1. The summed E-state index contributed by atoms with van der Waals surface area (Å²) in [5, 5.41) is 19.8. The van der Waals surface area contributed by atoms with Crippen molar-refractivity contribution in [3.8, 4) is 0 Å². The van der Waals surface area contributed by atoms with Crippen molar-refractivity contribution in [1.29, 1.82) is 0 Å². The molecule has 7 nitrogen and oxygen atoms in total. The molecule has 0 fully saturated rings. The first-order valence-corrected chi connectivity index (χ1v) is 4.90. The molecule has 0 aliphatic carbocycles. The van der Waals surface area contributed by atoms with E-state index in [1.807, 2.05) is 0 Å². The van der Waals surface area contributed by atoms with E-state index in [1.165, 1.54) is 18.2 Å². The Bertz CT molecular complexity index is 702. The van der Waals surface area contributed by atoms with Crippen LogP contribution in [0.2, 0.25) is 0 Å². The Labute approximate surface area is 99.4 Å². The Morgan fingerprint density at radius 1 is 1.33 bits per heavy atom. The Balaban J connectivity index is 2.83. The Morgan fingerprint density at radius 2 is 2.06 bits per heavy atom. The smallest absolute Gasteiger partial charge is 0.343 e. The first kappa shape index (κ1) is 11.8. The molecule has 0 saturated carbocycles. The van der Waals surface area contributed by atoms with Gasteiger partial charge in [-0.05, 0) is 12.1 Å². The quantitative estimate of drug-likeness (QED) is 0.648. The van der Waals surface area contributed by atoms with Gasteiger partial charge in [0.2, 0.25) is 0 Å². The third-order valence-electron chi connectivity index (χ3n) is 2.45. The molecule has 1 aromatic heterocycles. The van der Waals surface area contributed by atoms with Crippen LogP contribution in [0.25, 0.3) is 10.8 Å². The molecule has 1 heterocycles. The van der Waals surface area contributed by atoms with Crippen LogP contribution in [0.5, 0.6) is 0 Å². The zero-order valence-electron chi connectivity index (χ0n) is 8.95. The lowest BCUT2D eigenvalue weighted by molar-refractivity contribution is -0.383. The van der Waals surface area contributed by atoms with Crippen molar-refractivity contribution in [3.63, 3.8) is 0 Å². The van der Waals surface area contributed by atoms with Crippen molar-refractivity contribution in [1.82, 2.24) is 0 Å². The molecule has 1 aromatic carbocycles. The lowest BCUT2D eigenvalue weighted by Gasteiger charge is -2.03. The number of carboxylic acid groups (broad SMARTS) is 1. The molecule has 2 aromatic rings. The zero-order chi connectivity index (χ0) is 13.3. The predicted octanol–water partition coefficient (Wildman–Crippen LogP) is 1.33. The standard InChI is InChI=1S/C11H7NO6/c13-9(14)5-6-1-2-8-7(10(6)12(16)17)3-4-18-11(8)15/h1-4H,5H2,(H,13,14). The summed E-state index contributed by atoms with van der Waals surface area (Å²) in [7, 11) is 0. The number of nitro benzene ring substituents is 1. The van der Waals surface area contributed by atoms with Gasteiger partial charge in [-0.25, -0.2) is 4.79 Å². The second kappa shape index (κ2) is 4.28. The maximum absolute atomic E-state index is 11.4. The van der Waals surface area contributed by atoms with E-state index in [2.05, 4.69) is 4.42 Å². The minimum absolute atomic E-state index is 0.0469. The largest absolute Gasteiger partial charge is 0.481 e. The fourth-order valence-electron chi connectivity index (χ4n) is 1.75. The van der Waals surface area contributed by atoms with Crippen LogP contribution in [0, 0.1) is 10.1 Å². The highest BCUT2D eigenvalue weighted by Crippen LogP contribution is 2.28. The van der Waals surface area contributed by atoms with Crippen molar-refractivity contribution < 1.29 is 19.2 Å². The zero-order valence-corrected chi connectivity index (χ0v) is 8.95. The van der Waals surface area contributed by atoms with Crippen LogP contribution in [0.15, 0.2) is 33.7 Å². The SMILES string of the molecule is O=C(O)Cc1ccc2c(=O)occc2c1[N+](=O)[O-]. The van der Waals surface area contributed by atoms with E-state index >= 15 is 0 Å². The Hall–Kier alpha value is -2.70. The maximum atomic E-state index is 11.4. The molecule has 0 unspecified atom stereocenters. The van der Waals surface area contributed by atoms with Gasteiger partial charge in [0.15, 0.2) is 0 Å². The normalized spacial score (nSPS) is 10.4. The summed E-state index contributed by atoms with van der Waals surface area (Å²) in [6, 6.07) is 3.86. The van der Waals surface area contributed by atoms with Crippen LogP contribution >= 0.6 is 0 Å². The highest BCUT2D eigenvalue weighted by Gasteiger charge is 2.21. The van der Waals surface area contributed by atoms with Crippen molar-refractivity contribution in [3.05, 3.63) is 50.6 Å². The number of nitrogens with zero attached hydrogens (tertiary/aromatic N) is 1. The van der Waals surface area contributed by atoms with E-state index in [0.29, 0.717) is 0 Å². The average Bonchev–Trinajstić information content (AvgIpc) is 2.27. The van der Waals surface area contributed by atoms with E-state index in [-0.39, 0.29) is 22.0 Å². The number of aliphatic carboxylic acids is 1. The molecular formula is C11H7NO6. The molecule has 0 saturated heterocycles. The highest BCUT2D eigenvalue weighted by atomic mass is 16.6. The number of fused-ring (bicyclic) bond motifs is 1. The van der Waals surface area contributed by atoms with Gasteiger partial charge in [-0.1, -0.05) is 6.07 Å². The second-order valence-corrected chi connectivity index (χ2v) is 3.57. The maximum Gasteiger partial charge on any atom is 0.343 e. The van der Waals surface area contributed by atoms with Gasteiger partial charge in [0.25, 0.3) is 5.69 Å². The second-order valence-electron chi connectivity index (χ2n) is 3.57. The number of rotatable bonds is 3. The topological polar surface area (TPSA) is 111 Å². The average molecular weight is 249 g/mol. The summed E-state index contributed by atoms with van der Waals surface area (Å²) in [5.41, 5.74) is -1.02. The van der Waals surface area contributed by atoms with Crippen molar-refractivity contribution >= 4 is 22.4 Å².